The van der Waals surface area contributed by atoms with E-state index < -0.39 is 0 Å². The minimum absolute atomic E-state index is 0.0653. The zero-order valence-electron chi connectivity index (χ0n) is 28.3. The summed E-state index contributed by atoms with van der Waals surface area (Å²) in [6, 6.07) is 66.3. The summed E-state index contributed by atoms with van der Waals surface area (Å²) < 4.78 is 0. The van der Waals surface area contributed by atoms with Gasteiger partial charge < -0.3 is 0 Å². The van der Waals surface area contributed by atoms with Gasteiger partial charge >= 0.3 is 0 Å². The molecule has 3 heterocycles. The van der Waals surface area contributed by atoms with E-state index in [1.54, 1.807) is 0 Å². The van der Waals surface area contributed by atoms with Crippen LogP contribution in [0.2, 0.25) is 0 Å². The highest BCUT2D eigenvalue weighted by Crippen LogP contribution is 2.39. The molecule has 0 radical (unpaired) electrons. The molecule has 0 saturated carbocycles. The van der Waals surface area contributed by atoms with E-state index in [1.807, 2.05) is 18.2 Å². The zero-order valence-corrected chi connectivity index (χ0v) is 28.3. The van der Waals surface area contributed by atoms with Crippen LogP contribution >= 0.6 is 0 Å². The summed E-state index contributed by atoms with van der Waals surface area (Å²) in [4.78, 5) is 20.4. The lowest BCUT2D eigenvalue weighted by molar-refractivity contribution is 0.991. The van der Waals surface area contributed by atoms with Crippen LogP contribution in [0.25, 0.3) is 11.4 Å². The second-order valence-corrected chi connectivity index (χ2v) is 13.2. The van der Waals surface area contributed by atoms with Gasteiger partial charge in [-0.25, -0.2) is 0 Å². The molecule has 10 rings (SSSR count). The first kappa shape index (κ1) is 30.1. The van der Waals surface area contributed by atoms with Gasteiger partial charge in [0, 0.05) is 28.3 Å². The monoisotopic (exact) mass is 663 g/mol. The van der Waals surface area contributed by atoms with Gasteiger partial charge in [-0.2, -0.15) is 15.0 Å². The highest BCUT2D eigenvalue weighted by molar-refractivity contribution is 6.98. The lowest BCUT2D eigenvalue weighted by Crippen LogP contribution is -2.57. The highest BCUT2D eigenvalue weighted by atomic mass is 15.4. The van der Waals surface area contributed by atoms with E-state index in [1.165, 1.54) is 32.8 Å². The first-order valence-electron chi connectivity index (χ1n) is 17.7. The quantitative estimate of drug-likeness (QED) is 0.207. The predicted molar refractivity (Wildman–Crippen MR) is 217 cm³/mol. The minimum atomic E-state index is 0.0653. The third-order valence-electron chi connectivity index (χ3n) is 10.3. The summed E-state index contributed by atoms with van der Waals surface area (Å²) in [5, 5.41) is 0. The van der Waals surface area contributed by atoms with Crippen LogP contribution in [0, 0.1) is 0 Å². The van der Waals surface area contributed by atoms with Gasteiger partial charge in [-0.15, -0.1) is 0 Å². The molecule has 0 N–H and O–H groups in total. The Kier molecular flexibility index (Phi) is 7.28. The van der Waals surface area contributed by atoms with Crippen LogP contribution in [0.5, 0.6) is 0 Å². The second kappa shape index (κ2) is 12.6. The Morgan fingerprint density at radius 3 is 0.981 bits per heavy atom. The van der Waals surface area contributed by atoms with Crippen molar-refractivity contribution >= 4 is 80.8 Å². The number of nitrogens with zero attached hydrogens (tertiary/aromatic N) is 5. The van der Waals surface area contributed by atoms with Crippen LogP contribution in [0.3, 0.4) is 0 Å². The maximum absolute atomic E-state index is 5.43. The summed E-state index contributed by atoms with van der Waals surface area (Å²) in [5.74, 6) is 1.74. The van der Waals surface area contributed by atoms with E-state index in [9.17, 15) is 0 Å². The first-order valence-corrected chi connectivity index (χ1v) is 17.7. The molecule has 0 unspecified atom stereocenters. The molecular formula is C45H31B2N5. The number of fused-ring (bicyclic) bond motifs is 4. The average Bonchev–Trinajstić information content (AvgIpc) is 3.22. The van der Waals surface area contributed by atoms with Gasteiger partial charge in [0.25, 0.3) is 0 Å². The van der Waals surface area contributed by atoms with Crippen molar-refractivity contribution in [1.82, 2.24) is 15.0 Å². The molecule has 2 aliphatic rings. The molecule has 1 aromatic heterocycles. The van der Waals surface area contributed by atoms with E-state index in [0.29, 0.717) is 17.7 Å². The van der Waals surface area contributed by atoms with E-state index in [0.717, 1.165) is 28.3 Å². The van der Waals surface area contributed by atoms with Gasteiger partial charge in [-0.3, -0.25) is 9.80 Å². The number of anilines is 6. The van der Waals surface area contributed by atoms with Crippen LogP contribution in [-0.2, 0) is 0 Å². The Morgan fingerprint density at radius 1 is 0.308 bits per heavy atom. The maximum Gasteiger partial charge on any atom is 0.246 e. The molecule has 7 aromatic carbocycles. The Morgan fingerprint density at radius 2 is 0.615 bits per heavy atom. The van der Waals surface area contributed by atoms with Crippen molar-refractivity contribution in [2.24, 2.45) is 0 Å². The SMILES string of the molecule is c1ccc(B2c3ccccc3N(c3nc(-c4ccccc4)nc(N4c5ccccc5B(c5ccccc5)c5ccccc54)n3)c3ccccc32)cc1. The fourth-order valence-electron chi connectivity index (χ4n) is 8.05. The molecule has 0 amide bonds. The molecule has 242 valence electrons. The predicted octanol–water partition coefficient (Wildman–Crippen LogP) is 6.14. The van der Waals surface area contributed by atoms with E-state index in [4.69, 9.17) is 15.0 Å². The molecule has 8 aromatic rings. The summed E-state index contributed by atoms with van der Waals surface area (Å²) in [5.41, 5.74) is 12.4. The average molecular weight is 663 g/mol. The summed E-state index contributed by atoms with van der Waals surface area (Å²) in [6.07, 6.45) is 0. The fourth-order valence-corrected chi connectivity index (χ4v) is 8.05. The second-order valence-electron chi connectivity index (χ2n) is 13.2. The number of rotatable bonds is 5. The summed E-state index contributed by atoms with van der Waals surface area (Å²) in [7, 11) is 0. The Balaban J connectivity index is 1.22. The van der Waals surface area contributed by atoms with Crippen LogP contribution in [0.1, 0.15) is 0 Å². The molecule has 0 saturated heterocycles. The molecule has 52 heavy (non-hydrogen) atoms. The minimum Gasteiger partial charge on any atom is -0.280 e. The zero-order chi connectivity index (χ0) is 34.4. The Bertz CT molecular complexity index is 2310. The van der Waals surface area contributed by atoms with E-state index >= 15 is 0 Å². The largest absolute Gasteiger partial charge is 0.280 e. The van der Waals surface area contributed by atoms with Gasteiger partial charge in [-0.05, 0) is 46.1 Å². The molecule has 0 spiro atoms. The topological polar surface area (TPSA) is 45.2 Å². The van der Waals surface area contributed by atoms with Crippen LogP contribution in [0.15, 0.2) is 188 Å². The van der Waals surface area contributed by atoms with Crippen molar-refractivity contribution in [2.45, 2.75) is 0 Å². The van der Waals surface area contributed by atoms with Crippen LogP contribution < -0.4 is 42.6 Å². The number of para-hydroxylation sites is 4. The molecule has 5 nitrogen and oxygen atoms in total. The van der Waals surface area contributed by atoms with Crippen molar-refractivity contribution in [2.75, 3.05) is 9.80 Å². The third-order valence-corrected chi connectivity index (χ3v) is 10.3. The van der Waals surface area contributed by atoms with Crippen molar-refractivity contribution in [3.05, 3.63) is 188 Å². The molecule has 0 aliphatic carbocycles. The van der Waals surface area contributed by atoms with Gasteiger partial charge in [0.2, 0.25) is 25.3 Å². The number of benzene rings is 7. The van der Waals surface area contributed by atoms with E-state index in [-0.39, 0.29) is 13.4 Å². The van der Waals surface area contributed by atoms with Gasteiger partial charge in [-0.1, -0.05) is 175 Å². The standard InChI is InChI=1S/C45H31B2N5/c1-4-18-32(19-5-1)43-48-44(51-39-28-14-10-24-35(39)46(33-20-6-2-7-21-33)36-25-11-15-29-40(36)51)50-45(49-43)52-41-30-16-12-26-37(41)47(34-22-8-3-9-23-34)38-27-13-17-31-42(38)52/h1-31H. The van der Waals surface area contributed by atoms with E-state index in [2.05, 4.69) is 180 Å². The smallest absolute Gasteiger partial charge is 0.246 e. The lowest BCUT2D eigenvalue weighted by Gasteiger charge is -2.37. The summed E-state index contributed by atoms with van der Waals surface area (Å²) >= 11 is 0. The van der Waals surface area contributed by atoms with Crippen molar-refractivity contribution in [3.63, 3.8) is 0 Å². The van der Waals surface area contributed by atoms with Gasteiger partial charge in [0.15, 0.2) is 5.82 Å². The summed E-state index contributed by atoms with van der Waals surface area (Å²) in [6.45, 7) is 0.131. The number of hydrogen-bond acceptors (Lipinski definition) is 5. The van der Waals surface area contributed by atoms with Crippen LogP contribution in [-0.4, -0.2) is 28.4 Å². The number of hydrogen-bond donors (Lipinski definition) is 0. The normalized spacial score (nSPS) is 12.8. The van der Waals surface area contributed by atoms with Gasteiger partial charge in [0.05, 0.1) is 0 Å². The molecule has 2 aliphatic heterocycles. The van der Waals surface area contributed by atoms with Gasteiger partial charge in [0.1, 0.15) is 0 Å². The molecular weight excluding hydrogens is 632 g/mol. The van der Waals surface area contributed by atoms with Crippen molar-refractivity contribution in [3.8, 4) is 11.4 Å². The first-order chi connectivity index (χ1) is 25.8. The maximum atomic E-state index is 5.43. The van der Waals surface area contributed by atoms with Crippen LogP contribution in [0.4, 0.5) is 34.6 Å². The lowest BCUT2D eigenvalue weighted by atomic mass is 9.35. The van der Waals surface area contributed by atoms with Crippen molar-refractivity contribution in [1.29, 1.82) is 0 Å². The molecule has 0 atom stereocenters. The fraction of sp³-hybridized carbons (Fsp3) is 0. The molecule has 7 heteroatoms. The highest BCUT2D eigenvalue weighted by Gasteiger charge is 2.38. The van der Waals surface area contributed by atoms with Crippen molar-refractivity contribution < 1.29 is 0 Å². The molecule has 0 bridgehead atoms. The third kappa shape index (κ3) is 4.93. The Labute approximate surface area is 304 Å². The molecule has 0 fully saturated rings. The number of aromatic nitrogens is 3. The Hall–Kier alpha value is -6.72.